The first-order valence-corrected chi connectivity index (χ1v) is 11.1. The standard InChI is InChI=1S/C23H45NO2/c1-5-6-7-8-9-10-11-12-13-14-15-16-17-18-19-22(21(3)24)20(2)23(25)26-4/h21H,5-19,24H2,1-4H3. The van der Waals surface area contributed by atoms with Gasteiger partial charge in [0, 0.05) is 11.6 Å². The maximum absolute atomic E-state index is 11.7. The minimum atomic E-state index is -0.248. The molecule has 0 aliphatic heterocycles. The van der Waals surface area contributed by atoms with E-state index in [0.29, 0.717) is 5.57 Å². The highest BCUT2D eigenvalue weighted by Gasteiger charge is 2.14. The fourth-order valence-electron chi connectivity index (χ4n) is 3.55. The van der Waals surface area contributed by atoms with E-state index in [0.717, 1.165) is 18.4 Å². The molecule has 0 heterocycles. The highest BCUT2D eigenvalue weighted by molar-refractivity contribution is 5.88. The number of hydrogen-bond acceptors (Lipinski definition) is 3. The number of esters is 1. The van der Waals surface area contributed by atoms with Crippen LogP contribution in [0.2, 0.25) is 0 Å². The van der Waals surface area contributed by atoms with Gasteiger partial charge in [-0.05, 0) is 32.3 Å². The lowest BCUT2D eigenvalue weighted by atomic mass is 9.96. The second-order valence-electron chi connectivity index (χ2n) is 7.78. The highest BCUT2D eigenvalue weighted by Crippen LogP contribution is 2.19. The Morgan fingerprint density at radius 2 is 1.19 bits per heavy atom. The molecule has 154 valence electrons. The quantitative estimate of drug-likeness (QED) is 0.177. The summed E-state index contributed by atoms with van der Waals surface area (Å²) in [5.41, 5.74) is 7.76. The Labute approximate surface area is 163 Å². The van der Waals surface area contributed by atoms with Crippen LogP contribution in [0.5, 0.6) is 0 Å². The molecule has 0 spiro atoms. The average Bonchev–Trinajstić information content (AvgIpc) is 2.63. The van der Waals surface area contributed by atoms with Crippen molar-refractivity contribution in [2.24, 2.45) is 5.73 Å². The maximum Gasteiger partial charge on any atom is 0.333 e. The molecular weight excluding hydrogens is 322 g/mol. The van der Waals surface area contributed by atoms with Crippen molar-refractivity contribution in [1.82, 2.24) is 0 Å². The normalized spacial score (nSPS) is 13.4. The Kier molecular flexibility index (Phi) is 17.0. The molecule has 1 unspecified atom stereocenters. The fourth-order valence-corrected chi connectivity index (χ4v) is 3.55. The van der Waals surface area contributed by atoms with Gasteiger partial charge in [0.15, 0.2) is 0 Å². The first kappa shape index (κ1) is 25.2. The number of carbonyl (C=O) groups excluding carboxylic acids is 1. The zero-order valence-electron chi connectivity index (χ0n) is 18.1. The SMILES string of the molecule is CCCCCCCCCCCCCCCCC(=C(C)C(=O)OC)C(C)N. The number of carbonyl (C=O) groups is 1. The molecule has 1 atom stereocenters. The zero-order chi connectivity index (χ0) is 19.6. The third-order valence-corrected chi connectivity index (χ3v) is 5.32. The predicted molar refractivity (Wildman–Crippen MR) is 113 cm³/mol. The van der Waals surface area contributed by atoms with Crippen LogP contribution in [0, 0.1) is 0 Å². The van der Waals surface area contributed by atoms with Crippen LogP contribution >= 0.6 is 0 Å². The van der Waals surface area contributed by atoms with Crippen molar-refractivity contribution < 1.29 is 9.53 Å². The van der Waals surface area contributed by atoms with E-state index in [4.69, 9.17) is 10.5 Å². The second-order valence-corrected chi connectivity index (χ2v) is 7.78. The van der Waals surface area contributed by atoms with Gasteiger partial charge in [0.25, 0.3) is 0 Å². The van der Waals surface area contributed by atoms with E-state index in [2.05, 4.69) is 6.92 Å². The Bertz CT molecular complexity index is 374. The van der Waals surface area contributed by atoms with Crippen molar-refractivity contribution in [2.45, 2.75) is 123 Å². The van der Waals surface area contributed by atoms with E-state index < -0.39 is 0 Å². The molecule has 26 heavy (non-hydrogen) atoms. The summed E-state index contributed by atoms with van der Waals surface area (Å²) in [6.45, 7) is 6.05. The summed E-state index contributed by atoms with van der Waals surface area (Å²) < 4.78 is 4.81. The molecule has 0 aliphatic carbocycles. The van der Waals surface area contributed by atoms with Gasteiger partial charge in [0.1, 0.15) is 0 Å². The number of nitrogens with two attached hydrogens (primary N) is 1. The van der Waals surface area contributed by atoms with Crippen molar-refractivity contribution in [3.63, 3.8) is 0 Å². The van der Waals surface area contributed by atoms with Gasteiger partial charge in [0.2, 0.25) is 0 Å². The first-order chi connectivity index (χ1) is 12.5. The zero-order valence-corrected chi connectivity index (χ0v) is 18.1. The predicted octanol–water partition coefficient (Wildman–Crippen LogP) is 6.69. The van der Waals surface area contributed by atoms with Gasteiger partial charge in [0.05, 0.1) is 7.11 Å². The van der Waals surface area contributed by atoms with E-state index in [1.807, 2.05) is 13.8 Å². The molecule has 0 aromatic rings. The van der Waals surface area contributed by atoms with E-state index in [1.165, 1.54) is 90.6 Å². The Morgan fingerprint density at radius 3 is 1.54 bits per heavy atom. The summed E-state index contributed by atoms with van der Waals surface area (Å²) >= 11 is 0. The summed E-state index contributed by atoms with van der Waals surface area (Å²) in [7, 11) is 1.43. The van der Waals surface area contributed by atoms with E-state index in [9.17, 15) is 4.79 Å². The molecule has 0 radical (unpaired) electrons. The van der Waals surface area contributed by atoms with Crippen LogP contribution in [-0.4, -0.2) is 19.1 Å². The van der Waals surface area contributed by atoms with Gasteiger partial charge in [-0.2, -0.15) is 0 Å². The van der Waals surface area contributed by atoms with Gasteiger partial charge in [-0.25, -0.2) is 4.79 Å². The molecule has 0 rings (SSSR count). The Balaban J connectivity index is 3.59. The summed E-state index contributed by atoms with van der Waals surface area (Å²) in [4.78, 5) is 11.7. The molecule has 0 amide bonds. The molecule has 0 aromatic carbocycles. The molecule has 3 heteroatoms. The van der Waals surface area contributed by atoms with Crippen LogP contribution in [0.1, 0.15) is 117 Å². The van der Waals surface area contributed by atoms with Crippen LogP contribution in [0.4, 0.5) is 0 Å². The molecule has 0 saturated heterocycles. The molecule has 3 nitrogen and oxygen atoms in total. The molecule has 0 saturated carbocycles. The second kappa shape index (κ2) is 17.6. The molecule has 0 aromatic heterocycles. The summed E-state index contributed by atoms with van der Waals surface area (Å²) in [5, 5.41) is 0. The monoisotopic (exact) mass is 367 g/mol. The van der Waals surface area contributed by atoms with E-state index in [1.54, 1.807) is 0 Å². The number of ether oxygens (including phenoxy) is 1. The van der Waals surface area contributed by atoms with E-state index >= 15 is 0 Å². The van der Waals surface area contributed by atoms with Crippen molar-refractivity contribution in [1.29, 1.82) is 0 Å². The topological polar surface area (TPSA) is 52.3 Å². The lowest BCUT2D eigenvalue weighted by molar-refractivity contribution is -0.136. The number of rotatable bonds is 17. The summed E-state index contributed by atoms with van der Waals surface area (Å²) in [6.07, 6.45) is 19.9. The van der Waals surface area contributed by atoms with Gasteiger partial charge >= 0.3 is 5.97 Å². The van der Waals surface area contributed by atoms with Crippen molar-refractivity contribution in [3.8, 4) is 0 Å². The van der Waals surface area contributed by atoms with Gasteiger partial charge in [-0.3, -0.25) is 0 Å². The maximum atomic E-state index is 11.7. The largest absolute Gasteiger partial charge is 0.466 e. The lowest BCUT2D eigenvalue weighted by Gasteiger charge is -2.14. The van der Waals surface area contributed by atoms with Gasteiger partial charge in [-0.1, -0.05) is 90.4 Å². The van der Waals surface area contributed by atoms with E-state index in [-0.39, 0.29) is 12.0 Å². The van der Waals surface area contributed by atoms with Crippen molar-refractivity contribution >= 4 is 5.97 Å². The molecule has 0 fully saturated rings. The minimum absolute atomic E-state index is 0.0731. The average molecular weight is 368 g/mol. The van der Waals surface area contributed by atoms with Crippen LogP contribution in [0.3, 0.4) is 0 Å². The molecule has 0 aliphatic rings. The summed E-state index contributed by atoms with van der Waals surface area (Å²) in [6, 6.07) is -0.0731. The Morgan fingerprint density at radius 1 is 0.808 bits per heavy atom. The fraction of sp³-hybridized carbons (Fsp3) is 0.870. The van der Waals surface area contributed by atoms with Gasteiger partial charge in [-0.15, -0.1) is 0 Å². The molecule has 0 bridgehead atoms. The number of hydrogen-bond donors (Lipinski definition) is 1. The van der Waals surface area contributed by atoms with Crippen LogP contribution < -0.4 is 5.73 Å². The van der Waals surface area contributed by atoms with Crippen molar-refractivity contribution in [3.05, 3.63) is 11.1 Å². The number of unbranched alkanes of at least 4 members (excludes halogenated alkanes) is 13. The smallest absolute Gasteiger partial charge is 0.333 e. The van der Waals surface area contributed by atoms with Crippen LogP contribution in [0.15, 0.2) is 11.1 Å². The van der Waals surface area contributed by atoms with Crippen molar-refractivity contribution in [2.75, 3.05) is 7.11 Å². The minimum Gasteiger partial charge on any atom is -0.466 e. The molecule has 2 N–H and O–H groups in total. The van der Waals surface area contributed by atoms with Crippen LogP contribution in [-0.2, 0) is 9.53 Å². The Hall–Kier alpha value is -0.830. The highest BCUT2D eigenvalue weighted by atomic mass is 16.5. The number of methoxy groups -OCH3 is 1. The first-order valence-electron chi connectivity index (χ1n) is 11.1. The summed E-state index contributed by atoms with van der Waals surface area (Å²) in [5.74, 6) is -0.248. The third-order valence-electron chi connectivity index (χ3n) is 5.32. The van der Waals surface area contributed by atoms with Crippen LogP contribution in [0.25, 0.3) is 0 Å². The third kappa shape index (κ3) is 13.4. The van der Waals surface area contributed by atoms with Gasteiger partial charge < -0.3 is 10.5 Å². The molecular formula is C23H45NO2. The lowest BCUT2D eigenvalue weighted by Crippen LogP contribution is -2.21.